The molecule has 2 aromatic carbocycles. The number of hydrogen-bond acceptors (Lipinski definition) is 4. The van der Waals surface area contributed by atoms with Gasteiger partial charge in [-0.1, -0.05) is 32.0 Å². The average Bonchev–Trinajstić information content (AvgIpc) is 3.32. The van der Waals surface area contributed by atoms with Crippen LogP contribution in [0.15, 0.2) is 65.3 Å². The van der Waals surface area contributed by atoms with Crippen molar-refractivity contribution in [2.75, 3.05) is 10.6 Å². The lowest BCUT2D eigenvalue weighted by atomic mass is 9.90. The number of amides is 2. The Kier molecular flexibility index (Phi) is 3.77. The van der Waals surface area contributed by atoms with E-state index in [4.69, 9.17) is 4.42 Å². The molecule has 0 fully saturated rings. The fourth-order valence-electron chi connectivity index (χ4n) is 4.14. The van der Waals surface area contributed by atoms with E-state index < -0.39 is 5.66 Å². The van der Waals surface area contributed by atoms with Gasteiger partial charge >= 0.3 is 0 Å². The monoisotopic (exact) mass is 387 g/mol. The number of furan rings is 1. The minimum Gasteiger partial charge on any atom is -0.467 e. The van der Waals surface area contributed by atoms with Crippen LogP contribution >= 0.6 is 0 Å². The third-order valence-corrected chi connectivity index (χ3v) is 5.69. The van der Waals surface area contributed by atoms with Gasteiger partial charge in [-0.2, -0.15) is 0 Å². The molecule has 0 saturated carbocycles. The van der Waals surface area contributed by atoms with E-state index in [9.17, 15) is 9.59 Å². The van der Waals surface area contributed by atoms with E-state index in [1.807, 2.05) is 36.4 Å². The van der Waals surface area contributed by atoms with E-state index in [0.29, 0.717) is 22.7 Å². The van der Waals surface area contributed by atoms with E-state index in [0.717, 1.165) is 11.1 Å². The summed E-state index contributed by atoms with van der Waals surface area (Å²) >= 11 is 0. The molecule has 2 N–H and O–H groups in total. The van der Waals surface area contributed by atoms with Crippen LogP contribution in [-0.4, -0.2) is 16.7 Å². The van der Waals surface area contributed by atoms with Gasteiger partial charge in [0.25, 0.3) is 11.8 Å². The van der Waals surface area contributed by atoms with Crippen LogP contribution in [-0.2, 0) is 17.0 Å². The molecule has 1 aromatic heterocycles. The van der Waals surface area contributed by atoms with Gasteiger partial charge in [-0.25, -0.2) is 0 Å². The van der Waals surface area contributed by atoms with Gasteiger partial charge in [0.2, 0.25) is 5.66 Å². The zero-order valence-corrected chi connectivity index (χ0v) is 16.2. The fourth-order valence-corrected chi connectivity index (χ4v) is 4.14. The minimum absolute atomic E-state index is 0.173. The van der Waals surface area contributed by atoms with Gasteiger partial charge in [-0.3, -0.25) is 14.5 Å². The molecule has 146 valence electrons. The van der Waals surface area contributed by atoms with Gasteiger partial charge in [0.05, 0.1) is 18.4 Å². The molecular weight excluding hydrogens is 366 g/mol. The summed E-state index contributed by atoms with van der Waals surface area (Å²) in [6.07, 6.45) is 1.57. The van der Waals surface area contributed by atoms with Crippen LogP contribution < -0.4 is 10.6 Å². The lowest BCUT2D eigenvalue weighted by Gasteiger charge is -2.44. The number of carbonyl (C=O) groups is 2. The molecule has 29 heavy (non-hydrogen) atoms. The molecule has 1 atom stereocenters. The summed E-state index contributed by atoms with van der Waals surface area (Å²) < 4.78 is 5.51. The predicted octanol–water partition coefficient (Wildman–Crippen LogP) is 4.28. The highest BCUT2D eigenvalue weighted by Crippen LogP contribution is 2.46. The number of hydrogen-bond donors (Lipinski definition) is 2. The van der Waals surface area contributed by atoms with E-state index in [2.05, 4.69) is 24.5 Å². The molecule has 5 rings (SSSR count). The van der Waals surface area contributed by atoms with Crippen molar-refractivity contribution in [1.29, 1.82) is 0 Å². The second kappa shape index (κ2) is 6.24. The molecule has 2 amide bonds. The first-order valence-electron chi connectivity index (χ1n) is 9.68. The summed E-state index contributed by atoms with van der Waals surface area (Å²) in [5.74, 6) is 0.412. The lowest BCUT2D eigenvalue weighted by molar-refractivity contribution is -0.125. The molecule has 2 aliphatic rings. The normalized spacial score (nSPS) is 19.9. The Bertz CT molecular complexity index is 1120. The van der Waals surface area contributed by atoms with Gasteiger partial charge in [0.15, 0.2) is 0 Å². The Morgan fingerprint density at radius 3 is 2.62 bits per heavy atom. The number of nitrogens with zero attached hydrogens (tertiary/aromatic N) is 1. The lowest BCUT2D eigenvalue weighted by Crippen LogP contribution is -2.60. The van der Waals surface area contributed by atoms with Crippen molar-refractivity contribution >= 4 is 23.2 Å². The zero-order valence-electron chi connectivity index (χ0n) is 16.2. The van der Waals surface area contributed by atoms with E-state index in [1.165, 1.54) is 0 Å². The van der Waals surface area contributed by atoms with Crippen LogP contribution in [0.2, 0.25) is 0 Å². The molecule has 6 heteroatoms. The largest absolute Gasteiger partial charge is 0.467 e. The molecule has 0 aliphatic carbocycles. The Morgan fingerprint density at radius 1 is 1.03 bits per heavy atom. The number of para-hydroxylation sites is 1. The number of carbonyl (C=O) groups excluding carboxylic acids is 2. The summed E-state index contributed by atoms with van der Waals surface area (Å²) in [5.41, 5.74) is 2.41. The summed E-state index contributed by atoms with van der Waals surface area (Å²) in [6.45, 7) is 4.38. The summed E-state index contributed by atoms with van der Waals surface area (Å²) in [5, 5.41) is 6.35. The van der Waals surface area contributed by atoms with Crippen molar-refractivity contribution < 1.29 is 14.0 Å². The van der Waals surface area contributed by atoms with Gasteiger partial charge in [-0.15, -0.1) is 0 Å². The van der Waals surface area contributed by atoms with E-state index >= 15 is 0 Å². The third-order valence-electron chi connectivity index (χ3n) is 5.69. The van der Waals surface area contributed by atoms with Gasteiger partial charge < -0.3 is 15.1 Å². The highest BCUT2D eigenvalue weighted by atomic mass is 16.3. The Hall–Kier alpha value is -3.54. The zero-order chi connectivity index (χ0) is 20.2. The molecule has 2 aliphatic heterocycles. The van der Waals surface area contributed by atoms with E-state index in [-0.39, 0.29) is 24.3 Å². The maximum absolute atomic E-state index is 13.5. The first-order valence-corrected chi connectivity index (χ1v) is 9.68. The molecule has 1 spiro atoms. The number of nitrogens with one attached hydrogen (secondary N) is 2. The Morgan fingerprint density at radius 2 is 1.86 bits per heavy atom. The molecule has 6 nitrogen and oxygen atoms in total. The van der Waals surface area contributed by atoms with Crippen LogP contribution in [0.3, 0.4) is 0 Å². The third kappa shape index (κ3) is 2.49. The minimum atomic E-state index is -1.33. The topological polar surface area (TPSA) is 74.6 Å². The first kappa shape index (κ1) is 17.6. The molecule has 0 radical (unpaired) electrons. The van der Waals surface area contributed by atoms with Gasteiger partial charge in [0.1, 0.15) is 5.76 Å². The molecule has 0 saturated heterocycles. The van der Waals surface area contributed by atoms with Crippen molar-refractivity contribution in [2.24, 2.45) is 0 Å². The fraction of sp³-hybridized carbons (Fsp3) is 0.217. The average molecular weight is 387 g/mol. The van der Waals surface area contributed by atoms with E-state index in [1.54, 1.807) is 29.4 Å². The second-order valence-corrected chi connectivity index (χ2v) is 7.77. The van der Waals surface area contributed by atoms with Crippen LogP contribution in [0, 0.1) is 0 Å². The standard InChI is InChI=1S/C23H21N3O3/c1-14(2)15-9-10-20-18(12-15)23(22(28)24-20)25-19-8-4-3-7-17(19)21(27)26(23)13-16-6-5-11-29-16/h3-12,14,25H,13H2,1-2H3,(H,24,28)/t23-/m0/s1. The second-order valence-electron chi connectivity index (χ2n) is 7.77. The van der Waals surface area contributed by atoms with Crippen LogP contribution in [0.5, 0.6) is 0 Å². The van der Waals surface area contributed by atoms with Crippen molar-refractivity contribution in [3.05, 3.63) is 83.3 Å². The highest BCUT2D eigenvalue weighted by molar-refractivity contribution is 6.14. The number of fused-ring (bicyclic) bond motifs is 3. The Labute approximate surface area is 168 Å². The summed E-state index contributed by atoms with van der Waals surface area (Å²) in [7, 11) is 0. The summed E-state index contributed by atoms with van der Waals surface area (Å²) in [4.78, 5) is 28.5. The van der Waals surface area contributed by atoms with Crippen molar-refractivity contribution in [2.45, 2.75) is 32.0 Å². The van der Waals surface area contributed by atoms with Crippen molar-refractivity contribution in [3.63, 3.8) is 0 Å². The molecule has 3 aromatic rings. The summed E-state index contributed by atoms with van der Waals surface area (Å²) in [6, 6.07) is 16.8. The maximum Gasteiger partial charge on any atom is 0.276 e. The number of rotatable bonds is 3. The number of anilines is 2. The maximum atomic E-state index is 13.5. The van der Waals surface area contributed by atoms with Crippen molar-refractivity contribution in [1.82, 2.24) is 4.90 Å². The van der Waals surface area contributed by atoms with Crippen LogP contribution in [0.4, 0.5) is 11.4 Å². The van der Waals surface area contributed by atoms with Crippen molar-refractivity contribution in [3.8, 4) is 0 Å². The van der Waals surface area contributed by atoms with Gasteiger partial charge in [0, 0.05) is 16.9 Å². The SMILES string of the molecule is CC(C)c1ccc2c(c1)[C@@]1(Nc3ccccc3C(=O)N1Cc1ccco1)C(=O)N2. The van der Waals surface area contributed by atoms with Crippen LogP contribution in [0.1, 0.15) is 47.0 Å². The highest BCUT2D eigenvalue weighted by Gasteiger charge is 2.56. The van der Waals surface area contributed by atoms with Gasteiger partial charge in [-0.05, 0) is 47.9 Å². The quantitative estimate of drug-likeness (QED) is 0.704. The molecule has 3 heterocycles. The molecular formula is C23H21N3O3. The predicted molar refractivity (Wildman–Crippen MR) is 109 cm³/mol. The number of benzene rings is 2. The van der Waals surface area contributed by atoms with Crippen LogP contribution in [0.25, 0.3) is 0 Å². The molecule has 0 unspecified atom stereocenters. The Balaban J connectivity index is 1.74. The first-order chi connectivity index (χ1) is 14.0. The molecule has 0 bridgehead atoms. The smallest absolute Gasteiger partial charge is 0.276 e.